The van der Waals surface area contributed by atoms with E-state index in [9.17, 15) is 4.79 Å². The molecule has 2 aromatic carbocycles. The number of benzene rings is 2. The van der Waals surface area contributed by atoms with Gasteiger partial charge in [-0.25, -0.2) is 0 Å². The van der Waals surface area contributed by atoms with Gasteiger partial charge in [0.15, 0.2) is 5.78 Å². The lowest BCUT2D eigenvalue weighted by Crippen LogP contribution is -2.27. The number of carbonyl (C=O) groups excluding carboxylic acids is 1. The molecule has 1 aromatic heterocycles. The van der Waals surface area contributed by atoms with Crippen molar-refractivity contribution in [2.75, 3.05) is 13.2 Å². The summed E-state index contributed by atoms with van der Waals surface area (Å²) >= 11 is 0. The number of carbonyl (C=O) groups is 1. The fraction of sp³-hybridized carbons (Fsp3) is 0.320. The van der Waals surface area contributed by atoms with Gasteiger partial charge >= 0.3 is 0 Å². The molecule has 0 bridgehead atoms. The van der Waals surface area contributed by atoms with Crippen molar-refractivity contribution >= 4 is 22.8 Å². The van der Waals surface area contributed by atoms with Gasteiger partial charge in [0.25, 0.3) is 0 Å². The number of aromatic amines is 1. The molecule has 1 unspecified atom stereocenters. The molecule has 1 atom stereocenters. The number of hydrogen-bond acceptors (Lipinski definition) is 3. The highest BCUT2D eigenvalue weighted by Crippen LogP contribution is 2.31. The van der Waals surface area contributed by atoms with Crippen LogP contribution in [0.4, 0.5) is 0 Å². The summed E-state index contributed by atoms with van der Waals surface area (Å²) in [7, 11) is 0. The van der Waals surface area contributed by atoms with Crippen molar-refractivity contribution in [2.45, 2.75) is 38.6 Å². The zero-order valence-corrected chi connectivity index (χ0v) is 16.9. The maximum atomic E-state index is 11.3. The molecule has 4 heteroatoms. The average Bonchev–Trinajstić information content (AvgIpc) is 3.07. The molecular weight excluding hydrogens is 360 g/mol. The van der Waals surface area contributed by atoms with E-state index in [1.165, 1.54) is 45.8 Å². The number of ketones is 1. The maximum absolute atomic E-state index is 11.3. The molecule has 4 nitrogen and oxygen atoms in total. The van der Waals surface area contributed by atoms with E-state index in [2.05, 4.69) is 59.7 Å². The molecule has 0 saturated heterocycles. The van der Waals surface area contributed by atoms with E-state index < -0.39 is 6.61 Å². The SMILES string of the molecule is Cc1[nH]c2ccccc2c1CCNC1CCCc2cc(/C=C/C(=O)CO)ccc21. The Morgan fingerprint density at radius 3 is 3.00 bits per heavy atom. The van der Waals surface area contributed by atoms with Gasteiger partial charge in [0.1, 0.15) is 6.61 Å². The predicted octanol–water partition coefficient (Wildman–Crippen LogP) is 4.26. The van der Waals surface area contributed by atoms with E-state index in [4.69, 9.17) is 5.11 Å². The van der Waals surface area contributed by atoms with Crippen LogP contribution in [0.1, 0.15) is 46.8 Å². The third-order valence-corrected chi connectivity index (χ3v) is 5.89. The standard InChI is InChI=1S/C25H28N2O2/c1-17-21(23-6-2-3-7-25(23)27-17)13-14-26-24-8-4-5-19-15-18(10-12-22(19)24)9-11-20(29)16-28/h2-3,6-7,9-12,15,24,26-28H,4-5,8,13-14,16H2,1H3/b11-9+. The van der Waals surface area contributed by atoms with Crippen LogP contribution < -0.4 is 5.32 Å². The third-order valence-electron chi connectivity index (χ3n) is 5.89. The Morgan fingerprint density at radius 1 is 1.28 bits per heavy atom. The first-order valence-corrected chi connectivity index (χ1v) is 10.4. The van der Waals surface area contributed by atoms with Crippen LogP contribution in [0.2, 0.25) is 0 Å². The largest absolute Gasteiger partial charge is 0.388 e. The number of para-hydroxylation sites is 1. The highest BCUT2D eigenvalue weighted by atomic mass is 16.3. The van der Waals surface area contributed by atoms with Gasteiger partial charge in [0, 0.05) is 22.6 Å². The van der Waals surface area contributed by atoms with Gasteiger partial charge in [-0.2, -0.15) is 0 Å². The molecule has 0 radical (unpaired) electrons. The van der Waals surface area contributed by atoms with Crippen molar-refractivity contribution in [3.8, 4) is 0 Å². The van der Waals surface area contributed by atoms with Gasteiger partial charge in [-0.3, -0.25) is 4.79 Å². The Kier molecular flexibility index (Phi) is 5.93. The lowest BCUT2D eigenvalue weighted by molar-refractivity contribution is -0.117. The Balaban J connectivity index is 1.44. The molecule has 3 N–H and O–H groups in total. The molecule has 3 aromatic rings. The van der Waals surface area contributed by atoms with Crippen LogP contribution >= 0.6 is 0 Å². The van der Waals surface area contributed by atoms with Crippen molar-refractivity contribution < 1.29 is 9.90 Å². The van der Waals surface area contributed by atoms with E-state index in [0.29, 0.717) is 6.04 Å². The van der Waals surface area contributed by atoms with Crippen LogP contribution in [0.3, 0.4) is 0 Å². The predicted molar refractivity (Wildman–Crippen MR) is 118 cm³/mol. The number of aliphatic hydroxyl groups is 1. The lowest BCUT2D eigenvalue weighted by Gasteiger charge is -2.27. The number of fused-ring (bicyclic) bond motifs is 2. The molecule has 1 aliphatic rings. The number of rotatable bonds is 7. The van der Waals surface area contributed by atoms with Crippen molar-refractivity contribution in [3.63, 3.8) is 0 Å². The van der Waals surface area contributed by atoms with Crippen molar-refractivity contribution in [2.24, 2.45) is 0 Å². The van der Waals surface area contributed by atoms with Crippen LogP contribution in [0.15, 0.2) is 48.5 Å². The minimum Gasteiger partial charge on any atom is -0.388 e. The Morgan fingerprint density at radius 2 is 2.14 bits per heavy atom. The molecule has 0 saturated carbocycles. The second-order valence-corrected chi connectivity index (χ2v) is 7.84. The molecule has 0 amide bonds. The number of aliphatic hydroxyl groups excluding tert-OH is 1. The van der Waals surface area contributed by atoms with Gasteiger partial charge in [0.05, 0.1) is 0 Å². The molecule has 1 heterocycles. The van der Waals surface area contributed by atoms with Crippen molar-refractivity contribution in [1.29, 1.82) is 0 Å². The normalized spacial score (nSPS) is 16.4. The summed E-state index contributed by atoms with van der Waals surface area (Å²) in [6, 6.07) is 15.3. The summed E-state index contributed by atoms with van der Waals surface area (Å²) in [5, 5.41) is 13.9. The molecule has 29 heavy (non-hydrogen) atoms. The van der Waals surface area contributed by atoms with E-state index in [1.54, 1.807) is 6.08 Å². The van der Waals surface area contributed by atoms with Gasteiger partial charge < -0.3 is 15.4 Å². The van der Waals surface area contributed by atoms with Gasteiger partial charge in [-0.1, -0.05) is 42.5 Å². The van der Waals surface area contributed by atoms with E-state index in [0.717, 1.165) is 31.4 Å². The minimum atomic E-state index is -0.441. The highest BCUT2D eigenvalue weighted by Gasteiger charge is 2.20. The fourth-order valence-corrected chi connectivity index (χ4v) is 4.42. The molecule has 0 spiro atoms. The summed E-state index contributed by atoms with van der Waals surface area (Å²) in [6.45, 7) is 2.66. The maximum Gasteiger partial charge on any atom is 0.181 e. The number of H-pyrrole nitrogens is 1. The zero-order chi connectivity index (χ0) is 20.2. The fourth-order valence-electron chi connectivity index (χ4n) is 4.42. The second-order valence-electron chi connectivity index (χ2n) is 7.84. The smallest absolute Gasteiger partial charge is 0.181 e. The van der Waals surface area contributed by atoms with E-state index in [-0.39, 0.29) is 5.78 Å². The quantitative estimate of drug-likeness (QED) is 0.530. The first kappa shape index (κ1) is 19.6. The van der Waals surface area contributed by atoms with Crippen molar-refractivity contribution in [1.82, 2.24) is 10.3 Å². The Labute approximate surface area is 171 Å². The number of aryl methyl sites for hydroxylation is 2. The summed E-state index contributed by atoms with van der Waals surface area (Å²) in [6.07, 6.45) is 7.63. The Hall–Kier alpha value is -2.69. The summed E-state index contributed by atoms with van der Waals surface area (Å²) in [4.78, 5) is 14.8. The molecular formula is C25H28N2O2. The van der Waals surface area contributed by atoms with Gasteiger partial charge in [-0.15, -0.1) is 0 Å². The number of nitrogens with one attached hydrogen (secondary N) is 2. The molecule has 1 aliphatic carbocycles. The van der Waals surface area contributed by atoms with Crippen LogP contribution in [0.25, 0.3) is 17.0 Å². The molecule has 150 valence electrons. The Bertz CT molecular complexity index is 1050. The number of hydrogen-bond donors (Lipinski definition) is 3. The molecule has 0 fully saturated rings. The summed E-state index contributed by atoms with van der Waals surface area (Å²) in [5.74, 6) is -0.269. The van der Waals surface area contributed by atoms with E-state index in [1.807, 2.05) is 0 Å². The van der Waals surface area contributed by atoms with Gasteiger partial charge in [-0.05, 0) is 73.5 Å². The lowest BCUT2D eigenvalue weighted by atomic mass is 9.86. The van der Waals surface area contributed by atoms with Crippen LogP contribution in [-0.2, 0) is 17.6 Å². The van der Waals surface area contributed by atoms with Crippen LogP contribution in [0.5, 0.6) is 0 Å². The molecule has 4 rings (SSSR count). The van der Waals surface area contributed by atoms with E-state index >= 15 is 0 Å². The summed E-state index contributed by atoms with van der Waals surface area (Å²) in [5.41, 5.74) is 7.61. The monoisotopic (exact) mass is 388 g/mol. The zero-order valence-electron chi connectivity index (χ0n) is 16.9. The van der Waals surface area contributed by atoms with Crippen LogP contribution in [-0.4, -0.2) is 29.0 Å². The second kappa shape index (κ2) is 8.76. The topological polar surface area (TPSA) is 65.1 Å². The average molecular weight is 389 g/mol. The van der Waals surface area contributed by atoms with Gasteiger partial charge in [0.2, 0.25) is 0 Å². The first-order valence-electron chi connectivity index (χ1n) is 10.4. The van der Waals surface area contributed by atoms with Crippen LogP contribution in [0, 0.1) is 6.92 Å². The third kappa shape index (κ3) is 4.34. The highest BCUT2D eigenvalue weighted by molar-refractivity contribution is 5.94. The summed E-state index contributed by atoms with van der Waals surface area (Å²) < 4.78 is 0. The first-order chi connectivity index (χ1) is 14.2. The number of aromatic nitrogens is 1. The molecule has 0 aliphatic heterocycles. The minimum absolute atomic E-state index is 0.269. The van der Waals surface area contributed by atoms with Crippen molar-refractivity contribution in [3.05, 3.63) is 76.5 Å².